The molecule has 340 valence electrons. The Hall–Kier alpha value is -2.37. The number of allylic oxidation sites excluding steroid dienone is 8. The summed E-state index contributed by atoms with van der Waals surface area (Å²) < 4.78 is 38.3. The molecule has 12 heteroatoms. The fourth-order valence-corrected chi connectivity index (χ4v) is 6.98. The Labute approximate surface area is 357 Å². The Kier molecular flexibility index (Phi) is 34.6. The molecule has 11 nitrogen and oxygen atoms in total. The maximum atomic E-state index is 12.6. The number of hydrogen-bond donors (Lipinski definition) is 3. The molecule has 0 aromatic rings. The van der Waals surface area contributed by atoms with E-state index in [1.807, 2.05) is 12.2 Å². The standard InChI is InChI=1S/C47H81O11P/c1-4-5-27-33-44-45(58-44)34-29-24-20-16-12-9-10-14-18-22-26-31-36-47(51)57-43(40-56-59(52,53)55-38-42(49)37-48)39-54-46(50)35-30-25-21-17-13-8-6-7-11-15-19-23-28-32-41(2)3/h5,10,12,14,16,22,24,26-27,29,41-45,48-49H,4,6-9,11,13,15,17-21,23,25,28,30-40H2,1-3H3,(H,52,53)/b14-10-,16-12-,26-22-,27-5-,29-24-/t42-,43+,44?,45?/m0/s1. The molecule has 0 spiro atoms. The molecule has 0 bridgehead atoms. The summed E-state index contributed by atoms with van der Waals surface area (Å²) in [5.74, 6) is -0.215. The van der Waals surface area contributed by atoms with Gasteiger partial charge >= 0.3 is 19.8 Å². The van der Waals surface area contributed by atoms with Crippen molar-refractivity contribution >= 4 is 19.8 Å². The van der Waals surface area contributed by atoms with E-state index < -0.39 is 51.8 Å². The number of esters is 2. The van der Waals surface area contributed by atoms with Gasteiger partial charge in [0.25, 0.3) is 0 Å². The van der Waals surface area contributed by atoms with E-state index in [-0.39, 0.29) is 19.4 Å². The minimum atomic E-state index is -4.64. The maximum absolute atomic E-state index is 12.6. The average molecular weight is 853 g/mol. The normalized spacial score (nSPS) is 17.9. The first-order valence-electron chi connectivity index (χ1n) is 22.7. The smallest absolute Gasteiger partial charge is 0.462 e. The first-order chi connectivity index (χ1) is 28.6. The lowest BCUT2D eigenvalue weighted by molar-refractivity contribution is -0.161. The van der Waals surface area contributed by atoms with Crippen LogP contribution in [0.1, 0.15) is 168 Å². The second-order valence-electron chi connectivity index (χ2n) is 15.9. The van der Waals surface area contributed by atoms with Crippen LogP contribution in [0.15, 0.2) is 60.8 Å². The van der Waals surface area contributed by atoms with Crippen LogP contribution in [0.4, 0.5) is 0 Å². The van der Waals surface area contributed by atoms with Crippen LogP contribution in [0.2, 0.25) is 0 Å². The minimum absolute atomic E-state index is 0.0545. The lowest BCUT2D eigenvalue weighted by atomic mass is 10.0. The van der Waals surface area contributed by atoms with Crippen molar-refractivity contribution in [2.24, 2.45) is 5.92 Å². The number of carbonyl (C=O) groups excluding carboxylic acids is 2. The monoisotopic (exact) mass is 853 g/mol. The molecule has 0 aliphatic carbocycles. The molecule has 1 heterocycles. The van der Waals surface area contributed by atoms with E-state index in [4.69, 9.17) is 23.8 Å². The Morgan fingerprint density at radius 2 is 1.14 bits per heavy atom. The SMILES string of the molecule is CC/C=C\CC1OC1C/C=C\C/C=C\C/C=C\C/C=C\CCC(=O)O[C@H](COC(=O)CCCCCCCCCCCCCCCC(C)C)COP(=O)(O)OC[C@@H](O)CO. The molecule has 1 saturated heterocycles. The number of epoxide rings is 1. The summed E-state index contributed by atoms with van der Waals surface area (Å²) in [5.41, 5.74) is 0. The molecule has 1 aliphatic rings. The number of phosphoric acid groups is 1. The molecule has 0 aromatic carbocycles. The van der Waals surface area contributed by atoms with E-state index in [9.17, 15) is 24.2 Å². The second-order valence-corrected chi connectivity index (χ2v) is 17.4. The summed E-state index contributed by atoms with van der Waals surface area (Å²) >= 11 is 0. The number of hydrogen-bond acceptors (Lipinski definition) is 10. The van der Waals surface area contributed by atoms with Crippen LogP contribution in [0.5, 0.6) is 0 Å². The zero-order chi connectivity index (χ0) is 43.2. The van der Waals surface area contributed by atoms with Crippen molar-refractivity contribution in [3.8, 4) is 0 Å². The zero-order valence-electron chi connectivity index (χ0n) is 36.8. The molecule has 0 aromatic heterocycles. The number of aliphatic hydroxyl groups excluding tert-OH is 2. The Morgan fingerprint density at radius 3 is 1.68 bits per heavy atom. The number of ether oxygens (including phenoxy) is 3. The van der Waals surface area contributed by atoms with E-state index in [0.29, 0.717) is 25.0 Å². The molecule has 3 N–H and O–H groups in total. The van der Waals surface area contributed by atoms with Crippen molar-refractivity contribution in [3.63, 3.8) is 0 Å². The number of aliphatic hydroxyl groups is 2. The Bertz CT molecular complexity index is 1240. The van der Waals surface area contributed by atoms with Crippen LogP contribution < -0.4 is 0 Å². The predicted octanol–water partition coefficient (Wildman–Crippen LogP) is 11.1. The molecule has 3 unspecified atom stereocenters. The van der Waals surface area contributed by atoms with Crippen molar-refractivity contribution < 1.29 is 52.5 Å². The third kappa shape index (κ3) is 36.0. The van der Waals surface area contributed by atoms with Crippen molar-refractivity contribution in [2.45, 2.75) is 193 Å². The van der Waals surface area contributed by atoms with Gasteiger partial charge in [0.05, 0.1) is 32.0 Å². The number of rotatable bonds is 40. The van der Waals surface area contributed by atoms with Gasteiger partial charge in [0.2, 0.25) is 0 Å². The van der Waals surface area contributed by atoms with Crippen LogP contribution in [-0.2, 0) is 37.4 Å². The van der Waals surface area contributed by atoms with Gasteiger partial charge in [0.15, 0.2) is 6.10 Å². The lowest BCUT2D eigenvalue weighted by Crippen LogP contribution is -2.29. The van der Waals surface area contributed by atoms with Gasteiger partial charge < -0.3 is 29.3 Å². The Balaban J connectivity index is 2.28. The quantitative estimate of drug-likeness (QED) is 0.0177. The van der Waals surface area contributed by atoms with Crippen LogP contribution in [0, 0.1) is 5.92 Å². The number of carbonyl (C=O) groups is 2. The summed E-state index contributed by atoms with van der Waals surface area (Å²) in [5, 5.41) is 18.3. The van der Waals surface area contributed by atoms with E-state index >= 15 is 0 Å². The molecule has 1 aliphatic heterocycles. The van der Waals surface area contributed by atoms with Gasteiger partial charge in [0.1, 0.15) is 12.7 Å². The first-order valence-corrected chi connectivity index (χ1v) is 24.2. The molecular weight excluding hydrogens is 771 g/mol. The van der Waals surface area contributed by atoms with Gasteiger partial charge in [-0.1, -0.05) is 165 Å². The van der Waals surface area contributed by atoms with Gasteiger partial charge in [-0.15, -0.1) is 0 Å². The average Bonchev–Trinajstić information content (AvgIpc) is 3.97. The molecule has 1 rings (SSSR count). The summed E-state index contributed by atoms with van der Waals surface area (Å²) in [4.78, 5) is 35.0. The summed E-state index contributed by atoms with van der Waals surface area (Å²) in [7, 11) is -4.64. The molecular formula is C47H81O11P. The fourth-order valence-electron chi connectivity index (χ4n) is 6.19. The van der Waals surface area contributed by atoms with Gasteiger partial charge in [-0.3, -0.25) is 18.6 Å². The topological polar surface area (TPSA) is 161 Å². The number of phosphoric ester groups is 1. The summed E-state index contributed by atoms with van der Waals surface area (Å²) in [6.45, 7) is 4.50. The van der Waals surface area contributed by atoms with E-state index in [0.717, 1.165) is 63.7 Å². The molecule has 5 atom stereocenters. The lowest BCUT2D eigenvalue weighted by Gasteiger charge is -2.20. The van der Waals surface area contributed by atoms with Gasteiger partial charge in [-0.2, -0.15) is 0 Å². The van der Waals surface area contributed by atoms with Gasteiger partial charge in [0, 0.05) is 12.8 Å². The van der Waals surface area contributed by atoms with Crippen LogP contribution >= 0.6 is 7.82 Å². The predicted molar refractivity (Wildman–Crippen MR) is 237 cm³/mol. The van der Waals surface area contributed by atoms with Crippen LogP contribution in [-0.4, -0.2) is 77.9 Å². The van der Waals surface area contributed by atoms with Crippen LogP contribution in [0.3, 0.4) is 0 Å². The van der Waals surface area contributed by atoms with Crippen molar-refractivity contribution in [1.82, 2.24) is 0 Å². The maximum Gasteiger partial charge on any atom is 0.472 e. The highest BCUT2D eigenvalue weighted by Gasteiger charge is 2.36. The van der Waals surface area contributed by atoms with E-state index in [1.54, 1.807) is 0 Å². The summed E-state index contributed by atoms with van der Waals surface area (Å²) in [6, 6.07) is 0. The Morgan fingerprint density at radius 1 is 0.644 bits per heavy atom. The van der Waals surface area contributed by atoms with Gasteiger partial charge in [-0.05, 0) is 57.3 Å². The highest BCUT2D eigenvalue weighted by molar-refractivity contribution is 7.47. The molecule has 0 amide bonds. The van der Waals surface area contributed by atoms with Crippen molar-refractivity contribution in [3.05, 3.63) is 60.8 Å². The van der Waals surface area contributed by atoms with E-state index in [2.05, 4.69) is 73.9 Å². The largest absolute Gasteiger partial charge is 0.472 e. The highest BCUT2D eigenvalue weighted by atomic mass is 31.2. The molecule has 1 fully saturated rings. The highest BCUT2D eigenvalue weighted by Crippen LogP contribution is 2.43. The first kappa shape index (κ1) is 54.6. The third-order valence-corrected chi connectivity index (χ3v) is 10.7. The zero-order valence-corrected chi connectivity index (χ0v) is 37.7. The fraction of sp³-hybridized carbons (Fsp3) is 0.745. The van der Waals surface area contributed by atoms with Crippen LogP contribution in [0.25, 0.3) is 0 Å². The summed E-state index contributed by atoms with van der Waals surface area (Å²) in [6.07, 6.45) is 42.4. The second kappa shape index (κ2) is 37.4. The van der Waals surface area contributed by atoms with Crippen molar-refractivity contribution in [2.75, 3.05) is 26.4 Å². The third-order valence-electron chi connectivity index (χ3n) is 9.78. The number of unbranched alkanes of at least 4 members (excludes halogenated alkanes) is 12. The molecule has 0 saturated carbocycles. The van der Waals surface area contributed by atoms with E-state index in [1.165, 1.54) is 64.2 Å². The molecule has 59 heavy (non-hydrogen) atoms. The van der Waals surface area contributed by atoms with Gasteiger partial charge in [-0.25, -0.2) is 4.57 Å². The molecule has 0 radical (unpaired) electrons. The van der Waals surface area contributed by atoms with Crippen molar-refractivity contribution in [1.29, 1.82) is 0 Å². The minimum Gasteiger partial charge on any atom is -0.462 e.